The van der Waals surface area contributed by atoms with Gasteiger partial charge in [0.15, 0.2) is 0 Å². The zero-order chi connectivity index (χ0) is 11.4. The van der Waals surface area contributed by atoms with Crippen LogP contribution in [0.1, 0.15) is 42.9 Å². The number of methoxy groups -OCH3 is 1. The summed E-state index contributed by atoms with van der Waals surface area (Å²) in [6, 6.07) is 9.33. The first-order chi connectivity index (χ1) is 7.83. The van der Waals surface area contributed by atoms with E-state index in [0.717, 1.165) is 13.2 Å². The minimum atomic E-state index is 0.516. The van der Waals surface area contributed by atoms with Crippen LogP contribution in [0.4, 0.5) is 0 Å². The average Bonchev–Trinajstić information content (AvgIpc) is 2.33. The lowest BCUT2D eigenvalue weighted by molar-refractivity contribution is 0.194. The predicted octanol–water partition coefficient (Wildman–Crippen LogP) is 2.86. The summed E-state index contributed by atoms with van der Waals surface area (Å²) in [5.74, 6) is 0.705. The van der Waals surface area contributed by atoms with Crippen molar-refractivity contribution >= 4 is 0 Å². The maximum atomic E-state index is 5.08. The van der Waals surface area contributed by atoms with Gasteiger partial charge in [-0.15, -0.1) is 0 Å². The van der Waals surface area contributed by atoms with Gasteiger partial charge in [-0.2, -0.15) is 0 Å². The third-order valence-corrected chi connectivity index (χ3v) is 3.49. The van der Waals surface area contributed by atoms with E-state index < -0.39 is 0 Å². The lowest BCUT2D eigenvalue weighted by Gasteiger charge is -2.30. The lowest BCUT2D eigenvalue weighted by atomic mass is 9.81. The molecule has 1 aromatic rings. The second-order valence-corrected chi connectivity index (χ2v) is 4.61. The second kappa shape index (κ2) is 5.46. The van der Waals surface area contributed by atoms with Gasteiger partial charge in [0.25, 0.3) is 0 Å². The molecule has 16 heavy (non-hydrogen) atoms. The van der Waals surface area contributed by atoms with Gasteiger partial charge in [-0.1, -0.05) is 31.2 Å². The molecule has 0 bridgehead atoms. The van der Waals surface area contributed by atoms with Gasteiger partial charge in [0.05, 0.1) is 6.61 Å². The van der Waals surface area contributed by atoms with Crippen LogP contribution in [0.25, 0.3) is 0 Å². The Hall–Kier alpha value is -0.860. The summed E-state index contributed by atoms with van der Waals surface area (Å²) >= 11 is 0. The molecule has 0 amide bonds. The summed E-state index contributed by atoms with van der Waals surface area (Å²) in [5.41, 5.74) is 3.00. The van der Waals surface area contributed by atoms with Gasteiger partial charge in [-0.25, -0.2) is 0 Å². The van der Waals surface area contributed by atoms with Gasteiger partial charge in [-0.05, 0) is 29.9 Å². The number of nitrogens with one attached hydrogen (secondary N) is 1. The van der Waals surface area contributed by atoms with E-state index in [-0.39, 0.29) is 0 Å². The second-order valence-electron chi connectivity index (χ2n) is 4.61. The Morgan fingerprint density at radius 1 is 1.25 bits per heavy atom. The Labute approximate surface area is 98.0 Å². The number of rotatable bonds is 4. The molecule has 0 aromatic heterocycles. The van der Waals surface area contributed by atoms with Crippen LogP contribution in [0, 0.1) is 0 Å². The summed E-state index contributed by atoms with van der Waals surface area (Å²) in [6.07, 6.45) is 2.52. The SMILES string of the molecule is COCCNC1CCC(C)c2ccccc21. The third kappa shape index (κ3) is 2.45. The molecule has 0 radical (unpaired) electrons. The molecular weight excluding hydrogens is 198 g/mol. The van der Waals surface area contributed by atoms with Crippen molar-refractivity contribution in [3.05, 3.63) is 35.4 Å². The number of ether oxygens (including phenoxy) is 1. The van der Waals surface area contributed by atoms with Crippen LogP contribution in [-0.4, -0.2) is 20.3 Å². The Morgan fingerprint density at radius 3 is 2.75 bits per heavy atom. The number of fused-ring (bicyclic) bond motifs is 1. The predicted molar refractivity (Wildman–Crippen MR) is 66.7 cm³/mol. The van der Waals surface area contributed by atoms with E-state index in [1.165, 1.54) is 24.0 Å². The molecule has 1 N–H and O–H groups in total. The monoisotopic (exact) mass is 219 g/mol. The van der Waals surface area contributed by atoms with Gasteiger partial charge in [-0.3, -0.25) is 0 Å². The molecule has 88 valence electrons. The summed E-state index contributed by atoms with van der Waals surface area (Å²) in [6.45, 7) is 4.04. The van der Waals surface area contributed by atoms with E-state index in [9.17, 15) is 0 Å². The van der Waals surface area contributed by atoms with Crippen LogP contribution in [0.15, 0.2) is 24.3 Å². The molecule has 2 atom stereocenters. The summed E-state index contributed by atoms with van der Waals surface area (Å²) in [4.78, 5) is 0. The van der Waals surface area contributed by atoms with E-state index in [0.29, 0.717) is 12.0 Å². The molecule has 2 rings (SSSR count). The van der Waals surface area contributed by atoms with Gasteiger partial charge < -0.3 is 10.1 Å². The van der Waals surface area contributed by atoms with E-state index in [1.807, 2.05) is 0 Å². The summed E-state index contributed by atoms with van der Waals surface area (Å²) in [5, 5.41) is 3.57. The molecular formula is C14H21NO. The first-order valence-corrected chi connectivity index (χ1v) is 6.14. The van der Waals surface area contributed by atoms with Gasteiger partial charge in [0, 0.05) is 19.7 Å². The summed E-state index contributed by atoms with van der Waals surface area (Å²) < 4.78 is 5.08. The van der Waals surface area contributed by atoms with E-state index in [4.69, 9.17) is 4.74 Å². The van der Waals surface area contributed by atoms with Crippen molar-refractivity contribution < 1.29 is 4.74 Å². The van der Waals surface area contributed by atoms with Crippen LogP contribution in [0.5, 0.6) is 0 Å². The van der Waals surface area contributed by atoms with Crippen LogP contribution in [0.3, 0.4) is 0 Å². The number of hydrogen-bond acceptors (Lipinski definition) is 2. The fourth-order valence-corrected chi connectivity index (χ4v) is 2.55. The molecule has 2 heteroatoms. The zero-order valence-corrected chi connectivity index (χ0v) is 10.2. The van der Waals surface area contributed by atoms with Crippen LogP contribution >= 0.6 is 0 Å². The fourth-order valence-electron chi connectivity index (χ4n) is 2.55. The standard InChI is InChI=1S/C14H21NO/c1-11-7-8-14(15-9-10-16-2)13-6-4-3-5-12(11)13/h3-6,11,14-15H,7-10H2,1-2H3. The number of benzene rings is 1. The molecule has 0 saturated carbocycles. The molecule has 1 aliphatic rings. The maximum Gasteiger partial charge on any atom is 0.0587 e. The topological polar surface area (TPSA) is 21.3 Å². The highest BCUT2D eigenvalue weighted by atomic mass is 16.5. The van der Waals surface area contributed by atoms with Crippen LogP contribution in [0.2, 0.25) is 0 Å². The Balaban J connectivity index is 2.09. The van der Waals surface area contributed by atoms with Crippen LogP contribution in [-0.2, 0) is 4.74 Å². The minimum absolute atomic E-state index is 0.516. The lowest BCUT2D eigenvalue weighted by Crippen LogP contribution is -2.28. The van der Waals surface area contributed by atoms with Gasteiger partial charge >= 0.3 is 0 Å². The van der Waals surface area contributed by atoms with Crippen LogP contribution < -0.4 is 5.32 Å². The Kier molecular flexibility index (Phi) is 3.97. The highest BCUT2D eigenvalue weighted by Gasteiger charge is 2.23. The van der Waals surface area contributed by atoms with E-state index in [1.54, 1.807) is 7.11 Å². The van der Waals surface area contributed by atoms with Gasteiger partial charge in [0.2, 0.25) is 0 Å². The first kappa shape index (κ1) is 11.6. The molecule has 2 unspecified atom stereocenters. The largest absolute Gasteiger partial charge is 0.383 e. The van der Waals surface area contributed by atoms with Crippen molar-refractivity contribution in [1.29, 1.82) is 0 Å². The maximum absolute atomic E-state index is 5.08. The van der Waals surface area contributed by atoms with Crippen molar-refractivity contribution in [1.82, 2.24) is 5.32 Å². The van der Waals surface area contributed by atoms with Crippen molar-refractivity contribution in [3.63, 3.8) is 0 Å². The first-order valence-electron chi connectivity index (χ1n) is 6.14. The quantitative estimate of drug-likeness (QED) is 0.786. The molecule has 0 saturated heterocycles. The molecule has 2 nitrogen and oxygen atoms in total. The van der Waals surface area contributed by atoms with Crippen molar-refractivity contribution in [2.45, 2.75) is 31.7 Å². The highest BCUT2D eigenvalue weighted by molar-refractivity contribution is 5.34. The Bertz CT molecular complexity index is 337. The minimum Gasteiger partial charge on any atom is -0.383 e. The zero-order valence-electron chi connectivity index (χ0n) is 10.2. The van der Waals surface area contributed by atoms with Crippen molar-refractivity contribution in [2.24, 2.45) is 0 Å². The number of hydrogen-bond donors (Lipinski definition) is 1. The molecule has 0 fully saturated rings. The van der Waals surface area contributed by atoms with Crippen molar-refractivity contribution in [3.8, 4) is 0 Å². The highest BCUT2D eigenvalue weighted by Crippen LogP contribution is 2.36. The normalized spacial score (nSPS) is 24.1. The molecule has 0 spiro atoms. The Morgan fingerprint density at radius 2 is 2.00 bits per heavy atom. The molecule has 1 aliphatic carbocycles. The van der Waals surface area contributed by atoms with Gasteiger partial charge in [0.1, 0.15) is 0 Å². The third-order valence-electron chi connectivity index (χ3n) is 3.49. The van der Waals surface area contributed by atoms with E-state index >= 15 is 0 Å². The molecule has 0 aliphatic heterocycles. The summed E-state index contributed by atoms with van der Waals surface area (Å²) in [7, 11) is 1.75. The molecule has 0 heterocycles. The molecule has 1 aromatic carbocycles. The van der Waals surface area contributed by atoms with Crippen molar-refractivity contribution in [2.75, 3.05) is 20.3 Å². The smallest absolute Gasteiger partial charge is 0.0587 e. The van der Waals surface area contributed by atoms with E-state index in [2.05, 4.69) is 36.5 Å². The fraction of sp³-hybridized carbons (Fsp3) is 0.571. The average molecular weight is 219 g/mol.